The number of phenolic OH excluding ortho intramolecular Hbond substituents is 2. The number of aliphatic hydroxyl groups is 1. The molecule has 0 aromatic heterocycles. The van der Waals surface area contributed by atoms with E-state index in [0.29, 0.717) is 6.42 Å². The first kappa shape index (κ1) is 17.0. The first-order chi connectivity index (χ1) is 9.90. The molecular weight excluding hydrogens is 272 g/mol. The van der Waals surface area contributed by atoms with E-state index in [-0.39, 0.29) is 47.7 Å². The zero-order valence-electron chi connectivity index (χ0n) is 12.6. The molecule has 0 heterocycles. The normalized spacial score (nSPS) is 13.0. The van der Waals surface area contributed by atoms with Gasteiger partial charge in [0.1, 0.15) is 29.4 Å². The highest BCUT2D eigenvalue weighted by Crippen LogP contribution is 2.34. The van der Waals surface area contributed by atoms with Crippen molar-refractivity contribution in [3.63, 3.8) is 0 Å². The van der Waals surface area contributed by atoms with Crippen molar-refractivity contribution < 1.29 is 24.9 Å². The maximum absolute atomic E-state index is 12.1. The summed E-state index contributed by atoms with van der Waals surface area (Å²) >= 11 is 0. The van der Waals surface area contributed by atoms with Gasteiger partial charge in [-0.3, -0.25) is 4.79 Å². The van der Waals surface area contributed by atoms with Crippen molar-refractivity contribution in [2.45, 2.75) is 27.2 Å². The van der Waals surface area contributed by atoms with Gasteiger partial charge in [-0.1, -0.05) is 13.8 Å². The van der Waals surface area contributed by atoms with Crippen molar-refractivity contribution in [2.75, 3.05) is 13.2 Å². The second-order valence-corrected chi connectivity index (χ2v) is 5.03. The highest BCUT2D eigenvalue weighted by molar-refractivity contribution is 6.02. The van der Waals surface area contributed by atoms with E-state index in [4.69, 9.17) is 9.84 Å². The first-order valence-corrected chi connectivity index (χ1v) is 6.90. The van der Waals surface area contributed by atoms with Crippen LogP contribution in [0.15, 0.2) is 23.8 Å². The van der Waals surface area contributed by atoms with Crippen LogP contribution >= 0.6 is 0 Å². The molecule has 0 aliphatic heterocycles. The number of carbonyl (C=O) groups excluding carboxylic acids is 1. The Morgan fingerprint density at radius 1 is 1.33 bits per heavy atom. The summed E-state index contributed by atoms with van der Waals surface area (Å²) in [7, 11) is 0. The van der Waals surface area contributed by atoms with Crippen LogP contribution in [0, 0.1) is 5.92 Å². The zero-order chi connectivity index (χ0) is 16.0. The van der Waals surface area contributed by atoms with E-state index in [1.165, 1.54) is 12.1 Å². The van der Waals surface area contributed by atoms with Crippen molar-refractivity contribution in [2.24, 2.45) is 5.92 Å². The predicted octanol–water partition coefficient (Wildman–Crippen LogP) is 2.64. The number of ether oxygens (including phenoxy) is 1. The molecule has 0 aliphatic carbocycles. The van der Waals surface area contributed by atoms with Crippen molar-refractivity contribution in [1.29, 1.82) is 0 Å². The van der Waals surface area contributed by atoms with Crippen LogP contribution < -0.4 is 4.74 Å². The average molecular weight is 294 g/mol. The Morgan fingerprint density at radius 2 is 1.90 bits per heavy atom. The van der Waals surface area contributed by atoms with Gasteiger partial charge < -0.3 is 20.1 Å². The molecule has 1 aromatic rings. The molecular formula is C16H22O5. The molecule has 5 heteroatoms. The predicted molar refractivity (Wildman–Crippen MR) is 79.9 cm³/mol. The molecule has 1 rings (SSSR count). The van der Waals surface area contributed by atoms with Gasteiger partial charge in [-0.05, 0) is 25.0 Å². The monoisotopic (exact) mass is 294 g/mol. The fraction of sp³-hybridized carbons (Fsp3) is 0.438. The summed E-state index contributed by atoms with van der Waals surface area (Å²) in [5, 5.41) is 28.7. The molecule has 0 radical (unpaired) electrons. The topological polar surface area (TPSA) is 87.0 Å². The maximum Gasteiger partial charge on any atom is 0.173 e. The first-order valence-electron chi connectivity index (χ1n) is 6.90. The van der Waals surface area contributed by atoms with Crippen LogP contribution in [-0.2, 0) is 0 Å². The van der Waals surface area contributed by atoms with Gasteiger partial charge in [-0.25, -0.2) is 0 Å². The quantitative estimate of drug-likeness (QED) is 0.531. The van der Waals surface area contributed by atoms with Crippen LogP contribution in [0.2, 0.25) is 0 Å². The Kier molecular flexibility index (Phi) is 6.24. The number of aromatic hydroxyl groups is 2. The van der Waals surface area contributed by atoms with Gasteiger partial charge in [-0.2, -0.15) is 0 Å². The Balaban J connectivity index is 2.92. The number of rotatable bonds is 7. The maximum atomic E-state index is 12.1. The third-order valence-corrected chi connectivity index (χ3v) is 3.31. The summed E-state index contributed by atoms with van der Waals surface area (Å²) in [5.74, 6) is -0.900. The van der Waals surface area contributed by atoms with Gasteiger partial charge in [-0.15, -0.1) is 0 Å². The number of carbonyl (C=O) groups is 1. The lowest BCUT2D eigenvalue weighted by atomic mass is 9.95. The lowest BCUT2D eigenvalue weighted by Crippen LogP contribution is -2.11. The molecule has 0 unspecified atom stereocenters. The molecule has 0 bridgehead atoms. The lowest BCUT2D eigenvalue weighted by Gasteiger charge is -2.13. The summed E-state index contributed by atoms with van der Waals surface area (Å²) < 4.78 is 5.34. The molecule has 116 valence electrons. The summed E-state index contributed by atoms with van der Waals surface area (Å²) in [6.07, 6.45) is 2.31. The van der Waals surface area contributed by atoms with Crippen LogP contribution in [0.1, 0.15) is 37.6 Å². The minimum Gasteiger partial charge on any atom is -0.507 e. The van der Waals surface area contributed by atoms with Gasteiger partial charge in [0.25, 0.3) is 0 Å². The van der Waals surface area contributed by atoms with Crippen molar-refractivity contribution >= 4 is 5.78 Å². The number of ketones is 1. The number of aliphatic hydroxyl groups excluding tert-OH is 1. The number of hydrogen-bond acceptors (Lipinski definition) is 5. The van der Waals surface area contributed by atoms with E-state index in [2.05, 4.69) is 0 Å². The molecule has 0 saturated heterocycles. The summed E-state index contributed by atoms with van der Waals surface area (Å²) in [4.78, 5) is 12.1. The van der Waals surface area contributed by atoms with Crippen molar-refractivity contribution in [3.8, 4) is 17.2 Å². The SMILES string of the molecule is CC[C@@H](C)C(=O)c1c(O)cc(OCC=C(C)CO)cc1O. The van der Waals surface area contributed by atoms with Gasteiger partial charge in [0.05, 0.1) is 6.61 Å². The van der Waals surface area contributed by atoms with E-state index >= 15 is 0 Å². The van der Waals surface area contributed by atoms with Crippen LogP contribution in [0.3, 0.4) is 0 Å². The second kappa shape index (κ2) is 7.69. The van der Waals surface area contributed by atoms with Gasteiger partial charge >= 0.3 is 0 Å². The summed E-state index contributed by atoms with van der Waals surface area (Å²) in [5.41, 5.74) is 0.686. The van der Waals surface area contributed by atoms with Crippen molar-refractivity contribution in [1.82, 2.24) is 0 Å². The average Bonchev–Trinajstić information content (AvgIpc) is 2.45. The molecule has 0 aliphatic rings. The Labute approximate surface area is 124 Å². The Hall–Kier alpha value is -2.01. The molecule has 0 saturated carbocycles. The summed E-state index contributed by atoms with van der Waals surface area (Å²) in [6.45, 7) is 5.51. The van der Waals surface area contributed by atoms with E-state index in [9.17, 15) is 15.0 Å². The smallest absolute Gasteiger partial charge is 0.173 e. The third kappa shape index (κ3) is 4.49. The van der Waals surface area contributed by atoms with E-state index in [1.807, 2.05) is 6.92 Å². The number of hydrogen-bond donors (Lipinski definition) is 3. The zero-order valence-corrected chi connectivity index (χ0v) is 12.6. The molecule has 1 aromatic carbocycles. The molecule has 21 heavy (non-hydrogen) atoms. The largest absolute Gasteiger partial charge is 0.507 e. The fourth-order valence-electron chi connectivity index (χ4n) is 1.70. The standard InChI is InChI=1S/C16H22O5/c1-4-11(3)16(20)15-13(18)7-12(8-14(15)19)21-6-5-10(2)9-17/h5,7-8,11,17-19H,4,6,9H2,1-3H3/t11-/m1/s1. The summed E-state index contributed by atoms with van der Waals surface area (Å²) in [6, 6.07) is 2.61. The Morgan fingerprint density at radius 3 is 2.38 bits per heavy atom. The second-order valence-electron chi connectivity index (χ2n) is 5.03. The van der Waals surface area contributed by atoms with Crippen LogP contribution in [-0.4, -0.2) is 34.3 Å². The third-order valence-electron chi connectivity index (χ3n) is 3.31. The minimum atomic E-state index is -0.296. The van der Waals surface area contributed by atoms with Gasteiger partial charge in [0, 0.05) is 18.1 Å². The number of Topliss-reactive ketones (excluding diaryl/α,β-unsaturated/α-hetero) is 1. The lowest BCUT2D eigenvalue weighted by molar-refractivity contribution is 0.0921. The number of phenols is 2. The van der Waals surface area contributed by atoms with Crippen LogP contribution in [0.4, 0.5) is 0 Å². The molecule has 5 nitrogen and oxygen atoms in total. The van der Waals surface area contributed by atoms with E-state index < -0.39 is 0 Å². The van der Waals surface area contributed by atoms with Crippen LogP contribution in [0.5, 0.6) is 17.2 Å². The fourth-order valence-corrected chi connectivity index (χ4v) is 1.70. The molecule has 0 spiro atoms. The van der Waals surface area contributed by atoms with Crippen LogP contribution in [0.25, 0.3) is 0 Å². The van der Waals surface area contributed by atoms with Gasteiger partial charge in [0.2, 0.25) is 0 Å². The van der Waals surface area contributed by atoms with Crippen molar-refractivity contribution in [3.05, 3.63) is 29.3 Å². The highest BCUT2D eigenvalue weighted by atomic mass is 16.5. The molecule has 0 amide bonds. The minimum absolute atomic E-state index is 0.0534. The van der Waals surface area contributed by atoms with E-state index in [1.54, 1.807) is 19.9 Å². The molecule has 0 fully saturated rings. The van der Waals surface area contributed by atoms with Gasteiger partial charge in [0.15, 0.2) is 5.78 Å². The van der Waals surface area contributed by atoms with E-state index in [0.717, 1.165) is 5.57 Å². The molecule has 1 atom stereocenters. The molecule has 3 N–H and O–H groups in total. The Bertz CT molecular complexity index is 510. The number of benzene rings is 1. The highest BCUT2D eigenvalue weighted by Gasteiger charge is 2.22.